The first-order chi connectivity index (χ1) is 7.24. The predicted molar refractivity (Wildman–Crippen MR) is 52.4 cm³/mol. The van der Waals surface area contributed by atoms with E-state index >= 15 is 0 Å². The monoisotopic (exact) mass is 210 g/mol. The second kappa shape index (κ2) is 4.02. The zero-order valence-corrected chi connectivity index (χ0v) is 8.64. The average Bonchev–Trinajstić information content (AvgIpc) is 2.84. The van der Waals surface area contributed by atoms with Gasteiger partial charge < -0.3 is 14.5 Å². The molecule has 2 heterocycles. The summed E-state index contributed by atoms with van der Waals surface area (Å²) in [5.74, 6) is 0.439. The van der Waals surface area contributed by atoms with E-state index in [1.54, 1.807) is 11.8 Å². The molecule has 82 valence electrons. The first kappa shape index (κ1) is 10.2. The first-order valence-corrected chi connectivity index (χ1v) is 5.07. The molecule has 1 saturated heterocycles. The molecule has 1 N–H and O–H groups in total. The molecule has 1 amide bonds. The van der Waals surface area contributed by atoms with Crippen molar-refractivity contribution in [1.29, 1.82) is 0 Å². The summed E-state index contributed by atoms with van der Waals surface area (Å²) >= 11 is 0. The third-order valence-corrected chi connectivity index (χ3v) is 2.83. The van der Waals surface area contributed by atoms with Gasteiger partial charge >= 0.3 is 0 Å². The third kappa shape index (κ3) is 1.74. The molecule has 1 aromatic heterocycles. The molecule has 0 bridgehead atoms. The molecule has 2 rings (SSSR count). The Morgan fingerprint density at radius 2 is 2.60 bits per heavy atom. The molecule has 5 heteroatoms. The van der Waals surface area contributed by atoms with E-state index < -0.39 is 0 Å². The number of amides is 1. The Kier molecular flexibility index (Phi) is 2.73. The number of hydrogen-bond donors (Lipinski definition) is 1. The van der Waals surface area contributed by atoms with Crippen molar-refractivity contribution < 1.29 is 14.4 Å². The standard InChI is InChI=1S/C10H14N2O3/c1-7-9(5-11-15-7)10(14)12-4-2-3-8(12)6-13/h5,8,13H,2-4,6H2,1H3/t8-/m1/s1. The van der Waals surface area contributed by atoms with Crippen LogP contribution in [0.3, 0.4) is 0 Å². The second-order valence-electron chi connectivity index (χ2n) is 3.77. The number of hydrogen-bond acceptors (Lipinski definition) is 4. The van der Waals surface area contributed by atoms with E-state index in [1.807, 2.05) is 0 Å². The van der Waals surface area contributed by atoms with Crippen LogP contribution in [-0.2, 0) is 0 Å². The highest BCUT2D eigenvalue weighted by Crippen LogP contribution is 2.20. The molecule has 1 aliphatic heterocycles. The maximum absolute atomic E-state index is 12.0. The summed E-state index contributed by atoms with van der Waals surface area (Å²) in [6, 6.07) is -0.0493. The number of rotatable bonds is 2. The van der Waals surface area contributed by atoms with Crippen molar-refractivity contribution in [3.8, 4) is 0 Å². The molecule has 0 spiro atoms. The number of carbonyl (C=O) groups is 1. The molecule has 0 aliphatic carbocycles. The average molecular weight is 210 g/mol. The molecule has 0 aromatic carbocycles. The van der Waals surface area contributed by atoms with Crippen LogP contribution >= 0.6 is 0 Å². The van der Waals surface area contributed by atoms with Gasteiger partial charge in [0.25, 0.3) is 5.91 Å². The van der Waals surface area contributed by atoms with Crippen LogP contribution in [0.2, 0.25) is 0 Å². The first-order valence-electron chi connectivity index (χ1n) is 5.07. The minimum absolute atomic E-state index is 0.0239. The zero-order chi connectivity index (χ0) is 10.8. The summed E-state index contributed by atoms with van der Waals surface area (Å²) in [4.78, 5) is 13.7. The van der Waals surface area contributed by atoms with Crippen LogP contribution in [0.4, 0.5) is 0 Å². The fourth-order valence-electron chi connectivity index (χ4n) is 1.95. The summed E-state index contributed by atoms with van der Waals surface area (Å²) in [6.07, 6.45) is 3.25. The number of nitrogens with zero attached hydrogens (tertiary/aromatic N) is 2. The minimum atomic E-state index is -0.0923. The molecule has 15 heavy (non-hydrogen) atoms. The van der Waals surface area contributed by atoms with Gasteiger partial charge in [0.05, 0.1) is 18.8 Å². The smallest absolute Gasteiger partial charge is 0.259 e. The van der Waals surface area contributed by atoms with Crippen molar-refractivity contribution in [3.05, 3.63) is 17.5 Å². The van der Waals surface area contributed by atoms with Crippen molar-refractivity contribution in [2.24, 2.45) is 0 Å². The summed E-state index contributed by atoms with van der Waals surface area (Å²) in [7, 11) is 0. The molecule has 5 nitrogen and oxygen atoms in total. The van der Waals surface area contributed by atoms with Gasteiger partial charge in [-0.05, 0) is 19.8 Å². The lowest BCUT2D eigenvalue weighted by molar-refractivity contribution is 0.0676. The second-order valence-corrected chi connectivity index (χ2v) is 3.77. The van der Waals surface area contributed by atoms with E-state index in [9.17, 15) is 4.79 Å². The van der Waals surface area contributed by atoms with E-state index in [4.69, 9.17) is 9.63 Å². The van der Waals surface area contributed by atoms with E-state index in [1.165, 1.54) is 6.20 Å². The van der Waals surface area contributed by atoms with Gasteiger partial charge in [-0.15, -0.1) is 0 Å². The van der Waals surface area contributed by atoms with E-state index in [-0.39, 0.29) is 18.6 Å². The Labute approximate surface area is 87.7 Å². The SMILES string of the molecule is Cc1oncc1C(=O)N1CCC[C@@H]1CO. The van der Waals surface area contributed by atoms with Crippen molar-refractivity contribution >= 4 is 5.91 Å². The number of aliphatic hydroxyl groups excluding tert-OH is 1. The van der Waals surface area contributed by atoms with Gasteiger partial charge in [0.2, 0.25) is 0 Å². The van der Waals surface area contributed by atoms with Crippen LogP contribution in [0.15, 0.2) is 10.7 Å². The molecular weight excluding hydrogens is 196 g/mol. The largest absolute Gasteiger partial charge is 0.394 e. The van der Waals surface area contributed by atoms with Crippen molar-refractivity contribution in [2.75, 3.05) is 13.2 Å². The fourth-order valence-corrected chi connectivity index (χ4v) is 1.95. The van der Waals surface area contributed by atoms with E-state index in [2.05, 4.69) is 5.16 Å². The van der Waals surface area contributed by atoms with Gasteiger partial charge in [-0.25, -0.2) is 0 Å². The predicted octanol–water partition coefficient (Wildman–Crippen LogP) is 0.580. The molecular formula is C10H14N2O3. The van der Waals surface area contributed by atoms with Crippen molar-refractivity contribution in [3.63, 3.8) is 0 Å². The van der Waals surface area contributed by atoms with Gasteiger partial charge in [-0.1, -0.05) is 5.16 Å². The Balaban J connectivity index is 2.18. The topological polar surface area (TPSA) is 66.6 Å². The lowest BCUT2D eigenvalue weighted by Crippen LogP contribution is -2.37. The lowest BCUT2D eigenvalue weighted by atomic mass is 10.2. The Morgan fingerprint density at radius 3 is 3.20 bits per heavy atom. The molecule has 0 radical (unpaired) electrons. The van der Waals surface area contributed by atoms with Gasteiger partial charge in [0.1, 0.15) is 11.3 Å². The molecule has 1 aromatic rings. The summed E-state index contributed by atoms with van der Waals surface area (Å²) in [5, 5.41) is 12.7. The van der Waals surface area contributed by atoms with Crippen LogP contribution in [0, 0.1) is 6.92 Å². The van der Waals surface area contributed by atoms with Crippen LogP contribution in [0.25, 0.3) is 0 Å². The zero-order valence-electron chi connectivity index (χ0n) is 8.64. The molecule has 0 saturated carbocycles. The third-order valence-electron chi connectivity index (χ3n) is 2.83. The number of aryl methyl sites for hydroxylation is 1. The Morgan fingerprint density at radius 1 is 1.80 bits per heavy atom. The number of carbonyl (C=O) groups excluding carboxylic acids is 1. The number of likely N-dealkylation sites (tertiary alicyclic amines) is 1. The highest BCUT2D eigenvalue weighted by Gasteiger charge is 2.30. The highest BCUT2D eigenvalue weighted by molar-refractivity contribution is 5.95. The normalized spacial score (nSPS) is 20.9. The number of aromatic nitrogens is 1. The molecule has 1 aliphatic rings. The van der Waals surface area contributed by atoms with Gasteiger partial charge in [0.15, 0.2) is 0 Å². The highest BCUT2D eigenvalue weighted by atomic mass is 16.5. The Hall–Kier alpha value is -1.36. The molecule has 0 unspecified atom stereocenters. The number of aliphatic hydroxyl groups is 1. The van der Waals surface area contributed by atoms with E-state index in [0.717, 1.165) is 12.8 Å². The van der Waals surface area contributed by atoms with Crippen molar-refractivity contribution in [1.82, 2.24) is 10.1 Å². The maximum Gasteiger partial charge on any atom is 0.259 e. The maximum atomic E-state index is 12.0. The van der Waals surface area contributed by atoms with Gasteiger partial charge in [-0.3, -0.25) is 4.79 Å². The quantitative estimate of drug-likeness (QED) is 0.775. The van der Waals surface area contributed by atoms with Crippen molar-refractivity contribution in [2.45, 2.75) is 25.8 Å². The Bertz CT molecular complexity index is 361. The van der Waals surface area contributed by atoms with Crippen LogP contribution < -0.4 is 0 Å². The van der Waals surface area contributed by atoms with E-state index in [0.29, 0.717) is 17.9 Å². The fraction of sp³-hybridized carbons (Fsp3) is 0.600. The van der Waals surface area contributed by atoms with Gasteiger partial charge in [0, 0.05) is 6.54 Å². The molecule has 1 fully saturated rings. The van der Waals surface area contributed by atoms with Gasteiger partial charge in [-0.2, -0.15) is 0 Å². The molecule has 1 atom stereocenters. The van der Waals surface area contributed by atoms with Crippen LogP contribution in [0.1, 0.15) is 29.0 Å². The lowest BCUT2D eigenvalue weighted by Gasteiger charge is -2.22. The minimum Gasteiger partial charge on any atom is -0.394 e. The van der Waals surface area contributed by atoms with Crippen LogP contribution in [0.5, 0.6) is 0 Å². The van der Waals surface area contributed by atoms with Crippen LogP contribution in [-0.4, -0.2) is 40.3 Å². The summed E-state index contributed by atoms with van der Waals surface area (Å²) < 4.78 is 4.85. The summed E-state index contributed by atoms with van der Waals surface area (Å²) in [6.45, 7) is 2.44. The summed E-state index contributed by atoms with van der Waals surface area (Å²) in [5.41, 5.74) is 0.496.